The minimum atomic E-state index is 0.442. The van der Waals surface area contributed by atoms with Gasteiger partial charge in [0.1, 0.15) is 6.61 Å². The zero-order chi connectivity index (χ0) is 19.9. The van der Waals surface area contributed by atoms with E-state index in [1.54, 1.807) is 7.11 Å². The monoisotopic (exact) mass is 433 g/mol. The molecule has 3 aromatic rings. The highest BCUT2D eigenvalue weighted by Gasteiger charge is 2.12. The fourth-order valence-electron chi connectivity index (χ4n) is 2.77. The van der Waals surface area contributed by atoms with Crippen LogP contribution in [0, 0.1) is 18.3 Å². The first-order valence-electron chi connectivity index (χ1n) is 8.84. The largest absolute Gasteiger partial charge is 0.493 e. The first kappa shape index (κ1) is 19.7. The summed E-state index contributed by atoms with van der Waals surface area (Å²) in [6.45, 7) is 2.47. The van der Waals surface area contributed by atoms with Crippen molar-refractivity contribution in [2.75, 3.05) is 7.11 Å². The van der Waals surface area contributed by atoms with E-state index in [0.29, 0.717) is 23.7 Å². The maximum atomic E-state index is 9.58. The molecule has 3 rings (SSSR count). The molecule has 0 fully saturated rings. The van der Waals surface area contributed by atoms with Gasteiger partial charge in [0.2, 0.25) is 0 Å². The van der Waals surface area contributed by atoms with Gasteiger partial charge in [-0.3, -0.25) is 0 Å². The summed E-state index contributed by atoms with van der Waals surface area (Å²) in [5.41, 5.74) is 4.56. The maximum absolute atomic E-state index is 9.58. The van der Waals surface area contributed by atoms with Gasteiger partial charge >= 0.3 is 0 Å². The lowest BCUT2D eigenvalue weighted by molar-refractivity contribution is 0.282. The van der Waals surface area contributed by atoms with Crippen LogP contribution in [0.25, 0.3) is 11.6 Å². The van der Waals surface area contributed by atoms with Crippen LogP contribution in [0.1, 0.15) is 22.3 Å². The average Bonchev–Trinajstić information content (AvgIpc) is 2.72. The molecule has 0 aliphatic heterocycles. The second kappa shape index (κ2) is 9.25. The number of rotatable bonds is 6. The Morgan fingerprint density at radius 2 is 1.79 bits per heavy atom. The summed E-state index contributed by atoms with van der Waals surface area (Å²) in [5.74, 6) is 1.25. The van der Waals surface area contributed by atoms with Gasteiger partial charge in [0.25, 0.3) is 0 Å². The van der Waals surface area contributed by atoms with Gasteiger partial charge in [-0.25, -0.2) is 0 Å². The van der Waals surface area contributed by atoms with Crippen molar-refractivity contribution in [1.82, 2.24) is 0 Å². The highest BCUT2D eigenvalue weighted by molar-refractivity contribution is 9.10. The van der Waals surface area contributed by atoms with E-state index in [1.807, 2.05) is 79.7 Å². The second-order valence-electron chi connectivity index (χ2n) is 6.34. The number of halogens is 1. The topological polar surface area (TPSA) is 42.2 Å². The van der Waals surface area contributed by atoms with Crippen LogP contribution in [-0.2, 0) is 6.61 Å². The van der Waals surface area contributed by atoms with Crippen LogP contribution in [0.15, 0.2) is 71.2 Å². The van der Waals surface area contributed by atoms with Gasteiger partial charge in [0, 0.05) is 0 Å². The number of methoxy groups -OCH3 is 1. The first-order valence-corrected chi connectivity index (χ1v) is 9.63. The van der Waals surface area contributed by atoms with E-state index in [1.165, 1.54) is 0 Å². The van der Waals surface area contributed by atoms with E-state index >= 15 is 0 Å². The van der Waals surface area contributed by atoms with Gasteiger partial charge in [-0.15, -0.1) is 0 Å². The standard InChI is InChI=1S/C24H20BrNO2/c1-17-8-10-20(11-9-17)21(15-26)12-19-13-22(25)24(23(14-19)27-2)28-16-18-6-4-3-5-7-18/h3-14H,16H2,1-2H3/b21-12+. The number of nitrogens with zero attached hydrogens (tertiary/aromatic N) is 1. The zero-order valence-corrected chi connectivity index (χ0v) is 17.4. The highest BCUT2D eigenvalue weighted by atomic mass is 79.9. The Labute approximate surface area is 174 Å². The third kappa shape index (κ3) is 4.82. The summed E-state index contributed by atoms with van der Waals surface area (Å²) in [5, 5.41) is 9.58. The number of benzene rings is 3. The molecule has 0 amide bonds. The Morgan fingerprint density at radius 1 is 1.07 bits per heavy atom. The fourth-order valence-corrected chi connectivity index (χ4v) is 3.35. The minimum Gasteiger partial charge on any atom is -0.493 e. The van der Waals surface area contributed by atoms with Gasteiger partial charge in [0.15, 0.2) is 11.5 Å². The number of ether oxygens (including phenoxy) is 2. The molecule has 0 saturated carbocycles. The van der Waals surface area contributed by atoms with Gasteiger partial charge in [-0.05, 0) is 57.8 Å². The lowest BCUT2D eigenvalue weighted by atomic mass is 10.0. The third-order valence-electron chi connectivity index (χ3n) is 4.27. The molecule has 0 heterocycles. The highest BCUT2D eigenvalue weighted by Crippen LogP contribution is 2.38. The Bertz CT molecular complexity index is 1020. The summed E-state index contributed by atoms with van der Waals surface area (Å²) in [6.07, 6.45) is 1.85. The molecule has 0 bridgehead atoms. The van der Waals surface area contributed by atoms with E-state index in [2.05, 4.69) is 22.0 Å². The Hall–Kier alpha value is -3.03. The quantitative estimate of drug-likeness (QED) is 0.333. The molecule has 0 radical (unpaired) electrons. The number of nitriles is 1. The van der Waals surface area contributed by atoms with Gasteiger partial charge in [0.05, 0.1) is 23.2 Å². The molecule has 0 aliphatic rings. The molecule has 0 saturated heterocycles. The van der Waals surface area contributed by atoms with Crippen LogP contribution < -0.4 is 9.47 Å². The lowest BCUT2D eigenvalue weighted by Crippen LogP contribution is -1.99. The van der Waals surface area contributed by atoms with Crippen molar-refractivity contribution in [3.05, 3.63) is 93.5 Å². The minimum absolute atomic E-state index is 0.442. The van der Waals surface area contributed by atoms with Crippen LogP contribution in [0.3, 0.4) is 0 Å². The molecule has 4 heteroatoms. The van der Waals surface area contributed by atoms with E-state index in [4.69, 9.17) is 9.47 Å². The van der Waals surface area contributed by atoms with E-state index in [-0.39, 0.29) is 0 Å². The van der Waals surface area contributed by atoms with Gasteiger partial charge in [-0.2, -0.15) is 5.26 Å². The molecule has 0 spiro atoms. The van der Waals surface area contributed by atoms with E-state index < -0.39 is 0 Å². The van der Waals surface area contributed by atoms with Crippen molar-refractivity contribution in [3.63, 3.8) is 0 Å². The van der Waals surface area contributed by atoms with Crippen LogP contribution in [-0.4, -0.2) is 7.11 Å². The van der Waals surface area contributed by atoms with Crippen molar-refractivity contribution in [2.45, 2.75) is 13.5 Å². The van der Waals surface area contributed by atoms with Crippen molar-refractivity contribution < 1.29 is 9.47 Å². The molecule has 28 heavy (non-hydrogen) atoms. The van der Waals surface area contributed by atoms with E-state index in [9.17, 15) is 5.26 Å². The zero-order valence-electron chi connectivity index (χ0n) is 15.8. The summed E-state index contributed by atoms with van der Waals surface area (Å²) in [4.78, 5) is 0. The molecule has 0 N–H and O–H groups in total. The van der Waals surface area contributed by atoms with Crippen LogP contribution in [0.2, 0.25) is 0 Å². The summed E-state index contributed by atoms with van der Waals surface area (Å²) in [7, 11) is 1.61. The normalized spacial score (nSPS) is 11.0. The molecule has 3 nitrogen and oxygen atoms in total. The maximum Gasteiger partial charge on any atom is 0.175 e. The summed E-state index contributed by atoms with van der Waals surface area (Å²) < 4.78 is 12.3. The van der Waals surface area contributed by atoms with Crippen LogP contribution in [0.4, 0.5) is 0 Å². The molecule has 0 aliphatic carbocycles. The lowest BCUT2D eigenvalue weighted by Gasteiger charge is -2.14. The van der Waals surface area contributed by atoms with Gasteiger partial charge in [-0.1, -0.05) is 60.2 Å². The predicted octanol–water partition coefficient (Wildman–Crippen LogP) is 6.41. The predicted molar refractivity (Wildman–Crippen MR) is 116 cm³/mol. The Balaban J connectivity index is 1.89. The van der Waals surface area contributed by atoms with Crippen molar-refractivity contribution in [2.24, 2.45) is 0 Å². The molecular weight excluding hydrogens is 414 g/mol. The molecule has 0 aromatic heterocycles. The summed E-state index contributed by atoms with van der Waals surface area (Å²) in [6, 6.07) is 23.9. The Kier molecular flexibility index (Phi) is 6.52. The van der Waals surface area contributed by atoms with Crippen molar-refractivity contribution in [1.29, 1.82) is 5.26 Å². The second-order valence-corrected chi connectivity index (χ2v) is 7.20. The molecular formula is C24H20BrNO2. The molecule has 0 atom stereocenters. The van der Waals surface area contributed by atoms with E-state index in [0.717, 1.165) is 26.7 Å². The smallest absolute Gasteiger partial charge is 0.175 e. The average molecular weight is 434 g/mol. The van der Waals surface area contributed by atoms with Gasteiger partial charge < -0.3 is 9.47 Å². The molecule has 3 aromatic carbocycles. The molecule has 140 valence electrons. The first-order chi connectivity index (χ1) is 13.6. The Morgan fingerprint density at radius 3 is 2.43 bits per heavy atom. The number of hydrogen-bond acceptors (Lipinski definition) is 3. The summed E-state index contributed by atoms with van der Waals surface area (Å²) >= 11 is 3.57. The SMILES string of the molecule is COc1cc(/C=C(\C#N)c2ccc(C)cc2)cc(Br)c1OCc1ccccc1. The van der Waals surface area contributed by atoms with Crippen molar-refractivity contribution >= 4 is 27.6 Å². The van der Waals surface area contributed by atoms with Crippen LogP contribution >= 0.6 is 15.9 Å². The fraction of sp³-hybridized carbons (Fsp3) is 0.125. The number of allylic oxidation sites excluding steroid dienone is 1. The van der Waals surface area contributed by atoms with Crippen molar-refractivity contribution in [3.8, 4) is 17.6 Å². The van der Waals surface area contributed by atoms with Crippen LogP contribution in [0.5, 0.6) is 11.5 Å². The third-order valence-corrected chi connectivity index (χ3v) is 4.86. The number of hydrogen-bond donors (Lipinski definition) is 0. The molecule has 0 unspecified atom stereocenters. The number of aryl methyl sites for hydroxylation is 1.